The molecule has 0 radical (unpaired) electrons. The fraction of sp³-hybridized carbons (Fsp3) is 0.316. The van der Waals surface area contributed by atoms with Crippen molar-refractivity contribution in [3.63, 3.8) is 0 Å². The summed E-state index contributed by atoms with van der Waals surface area (Å²) in [5, 5.41) is 2.77. The highest BCUT2D eigenvalue weighted by atomic mass is 32.2. The number of carbonyl (C=O) groups is 1. The van der Waals surface area contributed by atoms with Crippen LogP contribution < -0.4 is 5.32 Å². The van der Waals surface area contributed by atoms with Crippen LogP contribution in [0.2, 0.25) is 0 Å². The summed E-state index contributed by atoms with van der Waals surface area (Å²) in [6.45, 7) is 0.596. The van der Waals surface area contributed by atoms with Gasteiger partial charge in [0.05, 0.1) is 4.90 Å². The summed E-state index contributed by atoms with van der Waals surface area (Å²) in [4.78, 5) is 13.4. The lowest BCUT2D eigenvalue weighted by Gasteiger charge is -2.31. The highest BCUT2D eigenvalue weighted by Crippen LogP contribution is 2.30. The van der Waals surface area contributed by atoms with Crippen molar-refractivity contribution < 1.29 is 17.6 Å². The van der Waals surface area contributed by atoms with Crippen LogP contribution in [0.1, 0.15) is 12.8 Å². The third-order valence-electron chi connectivity index (χ3n) is 4.62. The Hall–Kier alpha value is -1.90. The van der Waals surface area contributed by atoms with E-state index in [1.807, 2.05) is 12.3 Å². The molecule has 0 atom stereocenters. The van der Waals surface area contributed by atoms with Crippen molar-refractivity contribution in [2.75, 3.05) is 24.7 Å². The number of anilines is 1. The molecule has 27 heavy (non-hydrogen) atoms. The van der Waals surface area contributed by atoms with Crippen LogP contribution in [-0.2, 0) is 14.8 Å². The lowest BCUT2D eigenvalue weighted by atomic mass is 9.97. The minimum Gasteiger partial charge on any atom is -0.326 e. The van der Waals surface area contributed by atoms with E-state index >= 15 is 0 Å². The summed E-state index contributed by atoms with van der Waals surface area (Å²) in [5.41, 5.74) is 0.533. The maximum atomic E-state index is 13.0. The Labute approximate surface area is 163 Å². The summed E-state index contributed by atoms with van der Waals surface area (Å²) in [7, 11) is -3.58. The van der Waals surface area contributed by atoms with Gasteiger partial charge in [0.2, 0.25) is 15.9 Å². The molecular weight excluding hydrogens is 387 g/mol. The van der Waals surface area contributed by atoms with Crippen molar-refractivity contribution in [1.29, 1.82) is 0 Å². The van der Waals surface area contributed by atoms with Gasteiger partial charge >= 0.3 is 0 Å². The zero-order valence-corrected chi connectivity index (χ0v) is 16.5. The molecule has 8 heteroatoms. The van der Waals surface area contributed by atoms with E-state index in [0.717, 1.165) is 0 Å². The minimum atomic E-state index is -3.58. The predicted octanol–water partition coefficient (Wildman–Crippen LogP) is 3.59. The molecule has 1 amide bonds. The third kappa shape index (κ3) is 4.51. The standard InChI is InChI=1S/C19H21FN2O3S2/c1-26-17-4-2-3-5-18(17)27(24,25)22-12-10-14(11-13-22)19(23)21-16-8-6-15(20)7-9-16/h2-9,14H,10-13H2,1H3,(H,21,23). The van der Waals surface area contributed by atoms with E-state index in [1.54, 1.807) is 18.2 Å². The van der Waals surface area contributed by atoms with Gasteiger partial charge in [0, 0.05) is 29.6 Å². The summed E-state index contributed by atoms with van der Waals surface area (Å²) in [6, 6.07) is 12.5. The Morgan fingerprint density at radius 3 is 2.37 bits per heavy atom. The van der Waals surface area contributed by atoms with Crippen LogP contribution >= 0.6 is 11.8 Å². The van der Waals surface area contributed by atoms with Crippen molar-refractivity contribution in [2.24, 2.45) is 5.92 Å². The highest BCUT2D eigenvalue weighted by molar-refractivity contribution is 7.99. The largest absolute Gasteiger partial charge is 0.326 e. The summed E-state index contributed by atoms with van der Waals surface area (Å²) >= 11 is 1.40. The first kappa shape index (κ1) is 19.9. The molecule has 2 aromatic carbocycles. The number of amides is 1. The number of halogens is 1. The topological polar surface area (TPSA) is 66.5 Å². The summed E-state index contributed by atoms with van der Waals surface area (Å²) in [6.07, 6.45) is 2.75. The summed E-state index contributed by atoms with van der Waals surface area (Å²) < 4.78 is 40.3. The number of piperidine rings is 1. The number of rotatable bonds is 5. The van der Waals surface area contributed by atoms with Crippen LogP contribution in [0.4, 0.5) is 10.1 Å². The zero-order valence-electron chi connectivity index (χ0n) is 14.9. The molecule has 0 bridgehead atoms. The van der Waals surface area contributed by atoms with Gasteiger partial charge < -0.3 is 5.32 Å². The Morgan fingerprint density at radius 2 is 1.74 bits per heavy atom. The van der Waals surface area contributed by atoms with E-state index in [4.69, 9.17) is 0 Å². The Kier molecular flexibility index (Phi) is 6.18. The van der Waals surface area contributed by atoms with Crippen molar-refractivity contribution in [3.8, 4) is 0 Å². The van der Waals surface area contributed by atoms with Gasteiger partial charge in [0.1, 0.15) is 5.82 Å². The number of thioether (sulfide) groups is 1. The number of nitrogens with one attached hydrogen (secondary N) is 1. The van der Waals surface area contributed by atoms with E-state index in [1.165, 1.54) is 40.3 Å². The van der Waals surface area contributed by atoms with Crippen molar-refractivity contribution in [1.82, 2.24) is 4.31 Å². The van der Waals surface area contributed by atoms with Gasteiger partial charge in [-0.3, -0.25) is 4.79 Å². The highest BCUT2D eigenvalue weighted by Gasteiger charge is 2.33. The van der Waals surface area contributed by atoms with E-state index in [0.29, 0.717) is 41.4 Å². The maximum absolute atomic E-state index is 13.0. The second kappa shape index (κ2) is 8.41. The number of nitrogens with zero attached hydrogens (tertiary/aromatic N) is 1. The van der Waals surface area contributed by atoms with E-state index in [2.05, 4.69) is 5.32 Å². The molecule has 0 aromatic heterocycles. The second-order valence-corrected chi connectivity index (χ2v) is 9.08. The molecule has 2 aromatic rings. The van der Waals surface area contributed by atoms with Crippen LogP contribution in [0.3, 0.4) is 0 Å². The summed E-state index contributed by atoms with van der Waals surface area (Å²) in [5.74, 6) is -0.794. The van der Waals surface area contributed by atoms with Gasteiger partial charge in [-0.2, -0.15) is 4.31 Å². The number of hydrogen-bond acceptors (Lipinski definition) is 4. The average Bonchev–Trinajstić information content (AvgIpc) is 2.69. The lowest BCUT2D eigenvalue weighted by Crippen LogP contribution is -2.41. The molecule has 0 saturated carbocycles. The molecule has 1 saturated heterocycles. The van der Waals surface area contributed by atoms with Crippen molar-refractivity contribution in [3.05, 3.63) is 54.3 Å². The van der Waals surface area contributed by atoms with Gasteiger partial charge in [0.25, 0.3) is 0 Å². The average molecular weight is 409 g/mol. The van der Waals surface area contributed by atoms with Gasteiger partial charge in [-0.1, -0.05) is 12.1 Å². The molecule has 0 spiro atoms. The van der Waals surface area contributed by atoms with Crippen LogP contribution in [-0.4, -0.2) is 38.0 Å². The number of carbonyl (C=O) groups excluding carboxylic acids is 1. The van der Waals surface area contributed by atoms with Crippen molar-refractivity contribution in [2.45, 2.75) is 22.6 Å². The molecule has 144 valence electrons. The van der Waals surface area contributed by atoms with Crippen molar-refractivity contribution >= 4 is 33.4 Å². The minimum absolute atomic E-state index is 0.164. The number of benzene rings is 2. The fourth-order valence-electron chi connectivity index (χ4n) is 3.11. The second-order valence-electron chi connectivity index (χ2n) is 6.33. The molecule has 0 unspecified atom stereocenters. The first-order chi connectivity index (χ1) is 12.9. The van der Waals surface area contributed by atoms with E-state index < -0.39 is 10.0 Å². The molecule has 1 aliphatic heterocycles. The lowest BCUT2D eigenvalue weighted by molar-refractivity contribution is -0.120. The normalized spacial score (nSPS) is 16.2. The van der Waals surface area contributed by atoms with Gasteiger partial charge in [-0.05, 0) is 55.5 Å². The van der Waals surface area contributed by atoms with Crippen LogP contribution in [0, 0.1) is 11.7 Å². The number of sulfonamides is 1. The molecule has 1 fully saturated rings. The molecule has 1 heterocycles. The monoisotopic (exact) mass is 408 g/mol. The fourth-order valence-corrected chi connectivity index (χ4v) is 5.70. The molecule has 5 nitrogen and oxygen atoms in total. The Morgan fingerprint density at radius 1 is 1.11 bits per heavy atom. The van der Waals surface area contributed by atoms with Crippen LogP contribution in [0.25, 0.3) is 0 Å². The first-order valence-corrected chi connectivity index (χ1v) is 11.3. The Balaban J connectivity index is 1.64. The molecule has 1 aliphatic rings. The first-order valence-electron chi connectivity index (χ1n) is 8.61. The molecular formula is C19H21FN2O3S2. The zero-order chi connectivity index (χ0) is 19.4. The quantitative estimate of drug-likeness (QED) is 0.768. The molecule has 1 N–H and O–H groups in total. The van der Waals surface area contributed by atoms with Crippen LogP contribution in [0.15, 0.2) is 58.3 Å². The van der Waals surface area contributed by atoms with E-state index in [-0.39, 0.29) is 17.6 Å². The van der Waals surface area contributed by atoms with Gasteiger partial charge in [-0.25, -0.2) is 12.8 Å². The third-order valence-corrected chi connectivity index (χ3v) is 7.51. The molecule has 3 rings (SSSR count). The Bertz CT molecular complexity index is 909. The van der Waals surface area contributed by atoms with E-state index in [9.17, 15) is 17.6 Å². The SMILES string of the molecule is CSc1ccccc1S(=O)(=O)N1CCC(C(=O)Nc2ccc(F)cc2)CC1. The van der Waals surface area contributed by atoms with Crippen LogP contribution in [0.5, 0.6) is 0 Å². The predicted molar refractivity (Wildman–Crippen MR) is 105 cm³/mol. The smallest absolute Gasteiger partial charge is 0.244 e. The van der Waals surface area contributed by atoms with Gasteiger partial charge in [-0.15, -0.1) is 11.8 Å². The van der Waals surface area contributed by atoms with Gasteiger partial charge in [0.15, 0.2) is 0 Å². The number of hydrogen-bond donors (Lipinski definition) is 1. The maximum Gasteiger partial charge on any atom is 0.244 e. The molecule has 0 aliphatic carbocycles.